The predicted octanol–water partition coefficient (Wildman–Crippen LogP) is 6.45. The number of hydrogen-bond donors (Lipinski definition) is 2. The van der Waals surface area contributed by atoms with Crippen LogP contribution in [0.3, 0.4) is 0 Å². The second-order valence-electron chi connectivity index (χ2n) is 8.29. The van der Waals surface area contributed by atoms with Crippen LogP contribution in [0.25, 0.3) is 16.0 Å². The summed E-state index contributed by atoms with van der Waals surface area (Å²) in [6, 6.07) is 13.8. The molecule has 8 nitrogen and oxygen atoms in total. The Balaban J connectivity index is 1.76. The third kappa shape index (κ3) is 4.48. The minimum absolute atomic E-state index is 0.120. The topological polar surface area (TPSA) is 109 Å². The number of thiazole rings is 1. The van der Waals surface area contributed by atoms with Gasteiger partial charge in [-0.15, -0.1) is 0 Å². The molecule has 194 valence electrons. The number of phenolic OH excluding ortho intramolecular Hbond substituents is 1. The van der Waals surface area contributed by atoms with E-state index in [0.29, 0.717) is 34.0 Å². The first-order valence-corrected chi connectivity index (χ1v) is 13.4. The Kier molecular flexibility index (Phi) is 7.04. The molecule has 1 amide bonds. The van der Waals surface area contributed by atoms with Crippen LogP contribution in [0.4, 0.5) is 5.13 Å². The number of ether oxygens (including phenoxy) is 2. The van der Waals surface area contributed by atoms with Gasteiger partial charge in [-0.3, -0.25) is 14.5 Å². The van der Waals surface area contributed by atoms with E-state index in [1.54, 1.807) is 48.5 Å². The highest BCUT2D eigenvalue weighted by Gasteiger charge is 2.48. The SMILES string of the molecule is CCOc1cccc(/C(O)=C2\C(=O)C(=O)N(c3nc4ccc(Cl)cc4s3)C2c2cc(Br)c(O)c(OC)c2)c1. The number of amides is 1. The highest BCUT2D eigenvalue weighted by molar-refractivity contribution is 9.10. The number of aromatic hydroxyl groups is 1. The van der Waals surface area contributed by atoms with E-state index >= 15 is 0 Å². The van der Waals surface area contributed by atoms with Crippen LogP contribution in [0.15, 0.2) is 64.6 Å². The number of nitrogens with zero attached hydrogens (tertiary/aromatic N) is 2. The van der Waals surface area contributed by atoms with Crippen molar-refractivity contribution in [2.45, 2.75) is 13.0 Å². The molecule has 1 aliphatic rings. The number of aliphatic hydroxyl groups excluding tert-OH is 1. The van der Waals surface area contributed by atoms with Gasteiger partial charge in [0.2, 0.25) is 0 Å². The zero-order chi connectivity index (χ0) is 27.1. The molecule has 3 aromatic carbocycles. The Morgan fingerprint density at radius 1 is 1.18 bits per heavy atom. The van der Waals surface area contributed by atoms with E-state index in [1.165, 1.54) is 29.4 Å². The summed E-state index contributed by atoms with van der Waals surface area (Å²) in [5.41, 5.74) is 1.18. The van der Waals surface area contributed by atoms with Gasteiger partial charge in [-0.05, 0) is 70.9 Å². The minimum atomic E-state index is -1.08. The first-order valence-electron chi connectivity index (χ1n) is 11.4. The van der Waals surface area contributed by atoms with Gasteiger partial charge in [-0.2, -0.15) is 0 Å². The van der Waals surface area contributed by atoms with Crippen molar-refractivity contribution >= 4 is 71.7 Å². The van der Waals surface area contributed by atoms with Crippen LogP contribution in [0.2, 0.25) is 5.02 Å². The molecule has 4 aromatic rings. The van der Waals surface area contributed by atoms with Crippen molar-refractivity contribution < 1.29 is 29.3 Å². The lowest BCUT2D eigenvalue weighted by molar-refractivity contribution is -0.132. The zero-order valence-electron chi connectivity index (χ0n) is 20.1. The summed E-state index contributed by atoms with van der Waals surface area (Å²) in [4.78, 5) is 32.8. The lowest BCUT2D eigenvalue weighted by Crippen LogP contribution is -2.29. The number of Topliss-reactive ketones (excluding diaryl/α,β-unsaturated/α-hetero) is 1. The van der Waals surface area contributed by atoms with Crippen molar-refractivity contribution in [3.63, 3.8) is 0 Å². The minimum Gasteiger partial charge on any atom is -0.507 e. The van der Waals surface area contributed by atoms with Crippen LogP contribution in [0.1, 0.15) is 24.1 Å². The molecule has 0 spiro atoms. The van der Waals surface area contributed by atoms with Crippen molar-refractivity contribution in [3.05, 3.63) is 80.8 Å². The van der Waals surface area contributed by atoms with Crippen molar-refractivity contribution in [1.82, 2.24) is 4.98 Å². The van der Waals surface area contributed by atoms with Gasteiger partial charge in [0, 0.05) is 10.6 Å². The first-order chi connectivity index (χ1) is 18.2. The van der Waals surface area contributed by atoms with E-state index in [2.05, 4.69) is 20.9 Å². The number of aliphatic hydroxyl groups is 1. The Morgan fingerprint density at radius 2 is 1.97 bits per heavy atom. The van der Waals surface area contributed by atoms with E-state index < -0.39 is 17.7 Å². The average molecular weight is 616 g/mol. The number of halogens is 2. The van der Waals surface area contributed by atoms with Crippen molar-refractivity contribution in [1.29, 1.82) is 0 Å². The number of hydrogen-bond acceptors (Lipinski definition) is 8. The lowest BCUT2D eigenvalue weighted by atomic mass is 9.95. The number of rotatable bonds is 6. The molecular formula is C27H20BrClN2O6S. The third-order valence-electron chi connectivity index (χ3n) is 5.99. The predicted molar refractivity (Wildman–Crippen MR) is 149 cm³/mol. The van der Waals surface area contributed by atoms with Crippen molar-refractivity contribution in [2.24, 2.45) is 0 Å². The second kappa shape index (κ2) is 10.3. The van der Waals surface area contributed by atoms with Crippen LogP contribution in [0.5, 0.6) is 17.2 Å². The van der Waals surface area contributed by atoms with Gasteiger partial charge in [0.05, 0.1) is 40.0 Å². The van der Waals surface area contributed by atoms with Gasteiger partial charge in [0.1, 0.15) is 11.5 Å². The highest BCUT2D eigenvalue weighted by Crippen LogP contribution is 2.47. The van der Waals surface area contributed by atoms with Gasteiger partial charge in [0.25, 0.3) is 5.78 Å². The van der Waals surface area contributed by atoms with E-state index in [4.69, 9.17) is 21.1 Å². The Morgan fingerprint density at radius 3 is 2.71 bits per heavy atom. The number of methoxy groups -OCH3 is 1. The second-order valence-corrected chi connectivity index (χ2v) is 10.6. The molecule has 1 saturated heterocycles. The van der Waals surface area contributed by atoms with E-state index in [-0.39, 0.29) is 32.4 Å². The van der Waals surface area contributed by atoms with Gasteiger partial charge in [-0.25, -0.2) is 4.98 Å². The molecule has 2 N–H and O–H groups in total. The fraction of sp³-hybridized carbons (Fsp3) is 0.148. The van der Waals surface area contributed by atoms with Crippen molar-refractivity contribution in [2.75, 3.05) is 18.6 Å². The molecule has 0 bridgehead atoms. The summed E-state index contributed by atoms with van der Waals surface area (Å²) in [5, 5.41) is 22.6. The lowest BCUT2D eigenvalue weighted by Gasteiger charge is -2.24. The molecule has 5 rings (SSSR count). The smallest absolute Gasteiger partial charge is 0.301 e. The summed E-state index contributed by atoms with van der Waals surface area (Å²) in [6.07, 6.45) is 0. The molecular weight excluding hydrogens is 596 g/mol. The number of carbonyl (C=O) groups is 2. The molecule has 38 heavy (non-hydrogen) atoms. The maximum atomic E-state index is 13.5. The summed E-state index contributed by atoms with van der Waals surface area (Å²) in [5.74, 6) is -1.63. The normalized spacial score (nSPS) is 16.8. The van der Waals surface area contributed by atoms with Gasteiger partial charge >= 0.3 is 5.91 Å². The summed E-state index contributed by atoms with van der Waals surface area (Å²) in [6.45, 7) is 2.25. The fourth-order valence-corrected chi connectivity index (χ4v) is 6.03. The quantitative estimate of drug-likeness (QED) is 0.146. The van der Waals surface area contributed by atoms with Crippen LogP contribution < -0.4 is 14.4 Å². The number of carbonyl (C=O) groups excluding carboxylic acids is 2. The maximum Gasteiger partial charge on any atom is 0.301 e. The first kappa shape index (κ1) is 26.0. The molecule has 1 atom stereocenters. The van der Waals surface area contributed by atoms with Crippen LogP contribution in [-0.4, -0.2) is 40.6 Å². The summed E-state index contributed by atoms with van der Waals surface area (Å²) >= 11 is 10.7. The summed E-state index contributed by atoms with van der Waals surface area (Å²) < 4.78 is 11.9. The number of fused-ring (bicyclic) bond motifs is 1. The van der Waals surface area contributed by atoms with E-state index in [0.717, 1.165) is 4.70 Å². The third-order valence-corrected chi connectivity index (χ3v) is 7.85. The maximum absolute atomic E-state index is 13.5. The largest absolute Gasteiger partial charge is 0.507 e. The van der Waals surface area contributed by atoms with Crippen LogP contribution in [0, 0.1) is 0 Å². The Hall–Kier alpha value is -3.60. The summed E-state index contributed by atoms with van der Waals surface area (Å²) in [7, 11) is 1.39. The van der Waals surface area contributed by atoms with E-state index in [9.17, 15) is 19.8 Å². The average Bonchev–Trinajstić information content (AvgIpc) is 3.43. The highest BCUT2D eigenvalue weighted by atomic mass is 79.9. The number of anilines is 1. The van der Waals surface area contributed by atoms with Gasteiger partial charge < -0.3 is 19.7 Å². The van der Waals surface area contributed by atoms with Gasteiger partial charge in [-0.1, -0.05) is 35.1 Å². The Bertz CT molecular complexity index is 1640. The molecule has 2 heterocycles. The van der Waals surface area contributed by atoms with Crippen molar-refractivity contribution in [3.8, 4) is 17.2 Å². The van der Waals surface area contributed by atoms with E-state index in [1.807, 2.05) is 6.92 Å². The molecule has 0 saturated carbocycles. The molecule has 1 fully saturated rings. The van der Waals surface area contributed by atoms with Gasteiger partial charge in [0.15, 0.2) is 16.6 Å². The molecule has 11 heteroatoms. The molecule has 1 aliphatic heterocycles. The Labute approximate surface area is 234 Å². The number of phenols is 1. The number of aromatic nitrogens is 1. The van der Waals surface area contributed by atoms with Crippen LogP contribution in [-0.2, 0) is 9.59 Å². The van der Waals surface area contributed by atoms with Crippen LogP contribution >= 0.6 is 38.9 Å². The molecule has 0 radical (unpaired) electrons. The number of ketones is 1. The fourth-order valence-electron chi connectivity index (χ4n) is 4.30. The standard InChI is InChI=1S/C27H20BrClN2O6S/c1-3-37-16-6-4-5-13(9-16)23(32)21-22(14-10-17(28)24(33)19(11-14)36-2)31(26(35)25(21)34)27-30-18-8-7-15(29)12-20(18)38-27/h4-12,22,32-33H,3H2,1-2H3/b23-21+. The monoisotopic (exact) mass is 614 g/mol. The zero-order valence-corrected chi connectivity index (χ0v) is 23.2. The molecule has 0 aliphatic carbocycles. The molecule has 1 unspecified atom stereocenters. The number of benzene rings is 3. The molecule has 1 aromatic heterocycles.